The zero-order chi connectivity index (χ0) is 24.2. The molecule has 0 saturated heterocycles. The van der Waals surface area contributed by atoms with Crippen LogP contribution in [-0.4, -0.2) is 12.4 Å². The topological polar surface area (TPSA) is 9.23 Å². The SMILES string of the molecule is CC(C)c1cc(C(C)C)c(P2OC(C(F)(F)F)(C(F)(F)F)c3ccccc32)c(C(C)C)c1. The van der Waals surface area contributed by atoms with E-state index in [1.165, 1.54) is 18.2 Å². The van der Waals surface area contributed by atoms with Crippen molar-refractivity contribution in [3.05, 3.63) is 58.7 Å². The van der Waals surface area contributed by atoms with E-state index in [2.05, 4.69) is 0 Å². The van der Waals surface area contributed by atoms with Crippen molar-refractivity contribution >= 4 is 18.8 Å². The van der Waals surface area contributed by atoms with E-state index in [-0.39, 0.29) is 23.1 Å². The van der Waals surface area contributed by atoms with Crippen molar-refractivity contribution in [2.24, 2.45) is 0 Å². The molecule has 0 N–H and O–H groups in total. The Bertz CT molecular complexity index is 948. The fraction of sp³-hybridized carbons (Fsp3) is 0.500. The largest absolute Gasteiger partial charge is 0.431 e. The minimum atomic E-state index is -5.66. The first-order valence-corrected chi connectivity index (χ1v) is 11.8. The number of alkyl halides is 6. The monoisotopic (exact) mass is 476 g/mol. The third-order valence-corrected chi connectivity index (χ3v) is 8.04. The summed E-state index contributed by atoms with van der Waals surface area (Å²) in [4.78, 5) is 0. The minimum Gasteiger partial charge on any atom is -0.321 e. The van der Waals surface area contributed by atoms with Gasteiger partial charge in [-0.15, -0.1) is 0 Å². The maximum atomic E-state index is 14.1. The number of halogens is 6. The smallest absolute Gasteiger partial charge is 0.321 e. The molecule has 0 spiro atoms. The lowest BCUT2D eigenvalue weighted by atomic mass is 9.89. The molecule has 2 aromatic rings. The molecule has 1 aliphatic rings. The number of hydrogen-bond donors (Lipinski definition) is 0. The molecule has 0 radical (unpaired) electrons. The fourth-order valence-electron chi connectivity index (χ4n) is 4.07. The molecule has 0 saturated carbocycles. The highest BCUT2D eigenvalue weighted by Crippen LogP contribution is 2.64. The van der Waals surface area contributed by atoms with E-state index in [9.17, 15) is 26.3 Å². The summed E-state index contributed by atoms with van der Waals surface area (Å²) in [5, 5.41) is 0.440. The van der Waals surface area contributed by atoms with Gasteiger partial charge in [-0.1, -0.05) is 77.9 Å². The van der Waals surface area contributed by atoms with Crippen LogP contribution in [0, 0.1) is 0 Å². The maximum absolute atomic E-state index is 14.1. The molecule has 0 aromatic heterocycles. The molecule has 0 aliphatic carbocycles. The predicted octanol–water partition coefficient (Wildman–Crippen LogP) is 7.75. The third kappa shape index (κ3) is 3.86. The zero-order valence-corrected chi connectivity index (χ0v) is 19.7. The van der Waals surface area contributed by atoms with Crippen LogP contribution in [-0.2, 0) is 10.1 Å². The van der Waals surface area contributed by atoms with E-state index < -0.39 is 31.7 Å². The Morgan fingerprint density at radius 3 is 1.62 bits per heavy atom. The Hall–Kier alpha value is -1.59. The van der Waals surface area contributed by atoms with Gasteiger partial charge in [0.2, 0.25) is 0 Å². The van der Waals surface area contributed by atoms with Crippen LogP contribution in [0.3, 0.4) is 0 Å². The summed E-state index contributed by atoms with van der Waals surface area (Å²) >= 11 is 0. The van der Waals surface area contributed by atoms with Crippen LogP contribution in [0.5, 0.6) is 0 Å². The Morgan fingerprint density at radius 1 is 0.750 bits per heavy atom. The number of fused-ring (bicyclic) bond motifs is 1. The number of rotatable bonds is 4. The summed E-state index contributed by atoms with van der Waals surface area (Å²) in [6.45, 7) is 11.6. The first-order valence-electron chi connectivity index (χ1n) is 10.5. The molecule has 8 heteroatoms. The summed E-state index contributed by atoms with van der Waals surface area (Å²) in [6.07, 6.45) is -11.3. The molecule has 1 atom stereocenters. The van der Waals surface area contributed by atoms with Crippen molar-refractivity contribution in [3.63, 3.8) is 0 Å². The van der Waals surface area contributed by atoms with E-state index in [0.29, 0.717) is 5.30 Å². The van der Waals surface area contributed by atoms with Gasteiger partial charge in [0.1, 0.15) is 0 Å². The van der Waals surface area contributed by atoms with E-state index >= 15 is 0 Å². The first-order chi connectivity index (χ1) is 14.6. The molecule has 1 nitrogen and oxygen atoms in total. The average Bonchev–Trinajstić information content (AvgIpc) is 3.03. The maximum Gasteiger partial charge on any atom is 0.431 e. The highest BCUT2D eigenvalue weighted by atomic mass is 31.1. The Kier molecular flexibility index (Phi) is 6.51. The number of hydrogen-bond acceptors (Lipinski definition) is 1. The van der Waals surface area contributed by atoms with Crippen LogP contribution in [0.2, 0.25) is 0 Å². The van der Waals surface area contributed by atoms with Crippen molar-refractivity contribution in [2.75, 3.05) is 0 Å². The molecule has 176 valence electrons. The van der Waals surface area contributed by atoms with Crippen LogP contribution < -0.4 is 10.6 Å². The summed E-state index contributed by atoms with van der Waals surface area (Å²) in [6, 6.07) is 8.71. The van der Waals surface area contributed by atoms with Crippen molar-refractivity contribution in [1.29, 1.82) is 0 Å². The molecular formula is C24H27F6OP. The second-order valence-corrected chi connectivity index (χ2v) is 10.8. The third-order valence-electron chi connectivity index (χ3n) is 5.83. The minimum absolute atomic E-state index is 0.0294. The van der Waals surface area contributed by atoms with Crippen LogP contribution in [0.25, 0.3) is 0 Å². The molecule has 3 rings (SSSR count). The number of benzene rings is 2. The Balaban J connectivity index is 2.40. The quantitative estimate of drug-likeness (QED) is 0.324. The van der Waals surface area contributed by atoms with Gasteiger partial charge in [0.15, 0.2) is 0 Å². The normalized spacial score (nSPS) is 18.7. The molecule has 2 aromatic carbocycles. The lowest BCUT2D eigenvalue weighted by Crippen LogP contribution is -2.54. The molecule has 0 amide bonds. The average molecular weight is 476 g/mol. The highest BCUT2D eigenvalue weighted by Gasteiger charge is 2.77. The molecule has 1 unspecified atom stereocenters. The standard InChI is InChI=1S/C24H27F6OP/c1-13(2)16-11-17(14(3)4)21(18(12-16)15(5)6)32-20-10-8-7-9-19(20)22(31-32,23(25,26)27)24(28,29)30/h7-15H,1-6H3. The van der Waals surface area contributed by atoms with Gasteiger partial charge in [-0.2, -0.15) is 26.3 Å². The lowest BCUT2D eigenvalue weighted by Gasteiger charge is -2.34. The van der Waals surface area contributed by atoms with Gasteiger partial charge < -0.3 is 4.52 Å². The predicted molar refractivity (Wildman–Crippen MR) is 116 cm³/mol. The summed E-state index contributed by atoms with van der Waals surface area (Å²) in [5.74, 6) is -0.0504. The van der Waals surface area contributed by atoms with Crippen molar-refractivity contribution in [1.82, 2.24) is 0 Å². The highest BCUT2D eigenvalue weighted by molar-refractivity contribution is 7.69. The van der Waals surface area contributed by atoms with Crippen LogP contribution in [0.15, 0.2) is 36.4 Å². The molecule has 0 fully saturated rings. The molecule has 32 heavy (non-hydrogen) atoms. The Morgan fingerprint density at radius 2 is 1.22 bits per heavy atom. The van der Waals surface area contributed by atoms with E-state index in [4.69, 9.17) is 4.52 Å². The zero-order valence-electron chi connectivity index (χ0n) is 18.8. The van der Waals surface area contributed by atoms with Gasteiger partial charge in [-0.05, 0) is 34.4 Å². The van der Waals surface area contributed by atoms with Gasteiger partial charge in [-0.25, -0.2) is 0 Å². The van der Waals surface area contributed by atoms with Crippen molar-refractivity contribution in [3.8, 4) is 0 Å². The van der Waals surface area contributed by atoms with Gasteiger partial charge in [0, 0.05) is 16.2 Å². The van der Waals surface area contributed by atoms with Crippen molar-refractivity contribution in [2.45, 2.75) is 77.2 Å². The van der Waals surface area contributed by atoms with Gasteiger partial charge in [0.25, 0.3) is 5.60 Å². The second kappa shape index (κ2) is 8.32. The molecular weight excluding hydrogens is 449 g/mol. The van der Waals surface area contributed by atoms with Crippen molar-refractivity contribution < 1.29 is 30.9 Å². The van der Waals surface area contributed by atoms with Crippen LogP contribution in [0.4, 0.5) is 26.3 Å². The van der Waals surface area contributed by atoms with Crippen LogP contribution >= 0.6 is 8.15 Å². The second-order valence-electron chi connectivity index (χ2n) is 9.09. The Labute approximate surface area is 186 Å². The summed E-state index contributed by atoms with van der Waals surface area (Å²) in [5.41, 5.74) is -2.73. The summed E-state index contributed by atoms with van der Waals surface area (Å²) < 4.78 is 90.0. The lowest BCUT2D eigenvalue weighted by molar-refractivity contribution is -0.361. The van der Waals surface area contributed by atoms with Gasteiger partial charge in [-0.3, -0.25) is 0 Å². The first kappa shape index (κ1) is 25.0. The van der Waals surface area contributed by atoms with Gasteiger partial charge in [0.05, 0.1) is 8.15 Å². The molecule has 1 aliphatic heterocycles. The van der Waals surface area contributed by atoms with Crippen LogP contribution in [0.1, 0.15) is 81.5 Å². The fourth-order valence-corrected chi connectivity index (χ4v) is 6.87. The van der Waals surface area contributed by atoms with E-state index in [1.54, 1.807) is 0 Å². The van der Waals surface area contributed by atoms with Gasteiger partial charge >= 0.3 is 12.4 Å². The summed E-state index contributed by atoms with van der Waals surface area (Å²) in [7, 11) is -2.35. The molecule has 0 bridgehead atoms. The van der Waals surface area contributed by atoms with E-state index in [1.807, 2.05) is 53.7 Å². The molecule has 1 heterocycles. The van der Waals surface area contributed by atoms with E-state index in [0.717, 1.165) is 22.8 Å².